The van der Waals surface area contributed by atoms with Gasteiger partial charge in [-0.25, -0.2) is 0 Å². The third kappa shape index (κ3) is 4.05. The van der Waals surface area contributed by atoms with Crippen LogP contribution in [0, 0.1) is 6.92 Å². The summed E-state index contributed by atoms with van der Waals surface area (Å²) in [6.45, 7) is 5.49. The molecule has 0 aliphatic carbocycles. The fraction of sp³-hybridized carbons (Fsp3) is 0.278. The number of carbonyl (C=O) groups is 1. The lowest BCUT2D eigenvalue weighted by molar-refractivity contribution is -0.837. The molecule has 0 unspecified atom stereocenters. The summed E-state index contributed by atoms with van der Waals surface area (Å²) < 4.78 is 0. The predicted octanol–water partition coefficient (Wildman–Crippen LogP) is -0.675. The topological polar surface area (TPSA) is 24.8 Å². The van der Waals surface area contributed by atoms with Crippen molar-refractivity contribution in [2.45, 2.75) is 6.92 Å². The van der Waals surface area contributed by atoms with E-state index in [1.54, 1.807) is 0 Å². The maximum Gasteiger partial charge on any atom is 0.254 e. The zero-order valence-corrected chi connectivity index (χ0v) is 14.6. The van der Waals surface area contributed by atoms with Gasteiger partial charge in [0.15, 0.2) is 0 Å². The van der Waals surface area contributed by atoms with Crippen LogP contribution in [0.3, 0.4) is 0 Å². The Kier molecular flexibility index (Phi) is 6.05. The van der Waals surface area contributed by atoms with E-state index in [0.29, 0.717) is 0 Å². The van der Waals surface area contributed by atoms with Crippen molar-refractivity contribution in [3.63, 3.8) is 0 Å². The van der Waals surface area contributed by atoms with Crippen LogP contribution in [0.4, 0.5) is 5.69 Å². The summed E-state index contributed by atoms with van der Waals surface area (Å²) in [5.74, 6) is 0.127. The maximum absolute atomic E-state index is 12.5. The van der Waals surface area contributed by atoms with Crippen LogP contribution in [0.1, 0.15) is 15.9 Å². The number of quaternary nitrogens is 1. The van der Waals surface area contributed by atoms with Gasteiger partial charge in [-0.05, 0) is 25.1 Å². The highest BCUT2D eigenvalue weighted by Crippen LogP contribution is 2.17. The SMILES string of the molecule is Cc1ccc(Cl)cc1[NH+]1CCN(C(=O)c2ccccc2)CC1.[Cl-]. The van der Waals surface area contributed by atoms with E-state index in [9.17, 15) is 4.79 Å². The van der Waals surface area contributed by atoms with Gasteiger partial charge in [0.25, 0.3) is 5.91 Å². The molecule has 0 bridgehead atoms. The summed E-state index contributed by atoms with van der Waals surface area (Å²) in [7, 11) is 0. The summed E-state index contributed by atoms with van der Waals surface area (Å²) in [5, 5.41) is 0.774. The van der Waals surface area contributed by atoms with Crippen LogP contribution in [0.15, 0.2) is 48.5 Å². The Morgan fingerprint density at radius 1 is 1.09 bits per heavy atom. The lowest BCUT2D eigenvalue weighted by Crippen LogP contribution is -3.10. The number of carbonyl (C=O) groups excluding carboxylic acids is 1. The fourth-order valence-corrected chi connectivity index (χ4v) is 3.16. The van der Waals surface area contributed by atoms with Gasteiger partial charge in [-0.2, -0.15) is 0 Å². The Balaban J connectivity index is 0.00000192. The monoisotopic (exact) mass is 350 g/mol. The van der Waals surface area contributed by atoms with Gasteiger partial charge in [0.2, 0.25) is 0 Å². The molecule has 5 heteroatoms. The number of amides is 1. The second-order valence-electron chi connectivity index (χ2n) is 5.72. The fourth-order valence-electron chi connectivity index (χ4n) is 2.99. The number of halogens is 2. The van der Waals surface area contributed by atoms with Crippen LogP contribution in [0.2, 0.25) is 5.02 Å². The van der Waals surface area contributed by atoms with Crippen molar-refractivity contribution in [1.29, 1.82) is 0 Å². The molecule has 0 aromatic heterocycles. The number of hydrogen-bond acceptors (Lipinski definition) is 1. The molecular formula is C18H20Cl2N2O. The summed E-state index contributed by atoms with van der Waals surface area (Å²) in [6.07, 6.45) is 0. The highest BCUT2D eigenvalue weighted by Gasteiger charge is 2.26. The summed E-state index contributed by atoms with van der Waals surface area (Å²) >= 11 is 6.12. The van der Waals surface area contributed by atoms with E-state index in [2.05, 4.69) is 13.0 Å². The minimum Gasteiger partial charge on any atom is -1.00 e. The summed E-state index contributed by atoms with van der Waals surface area (Å²) in [4.78, 5) is 15.8. The van der Waals surface area contributed by atoms with Crippen molar-refractivity contribution in [3.8, 4) is 0 Å². The average molecular weight is 351 g/mol. The lowest BCUT2D eigenvalue weighted by atomic mass is 10.1. The summed E-state index contributed by atoms with van der Waals surface area (Å²) in [5.41, 5.74) is 3.27. The third-order valence-corrected chi connectivity index (χ3v) is 4.49. The quantitative estimate of drug-likeness (QED) is 0.763. The zero-order chi connectivity index (χ0) is 15.5. The molecule has 1 amide bonds. The molecule has 23 heavy (non-hydrogen) atoms. The smallest absolute Gasteiger partial charge is 0.254 e. The van der Waals surface area contributed by atoms with Crippen LogP contribution >= 0.6 is 11.6 Å². The van der Waals surface area contributed by atoms with Crippen LogP contribution < -0.4 is 17.3 Å². The number of rotatable bonds is 2. The van der Waals surface area contributed by atoms with E-state index in [1.165, 1.54) is 16.2 Å². The molecule has 0 spiro atoms. The normalized spacial score (nSPS) is 15.1. The molecule has 1 fully saturated rings. The molecule has 1 N–H and O–H groups in total. The number of benzene rings is 2. The van der Waals surface area contributed by atoms with E-state index in [-0.39, 0.29) is 18.3 Å². The lowest BCUT2D eigenvalue weighted by Gasteiger charge is -2.32. The first-order valence-corrected chi connectivity index (χ1v) is 7.98. The average Bonchev–Trinajstić information content (AvgIpc) is 2.57. The molecule has 0 saturated carbocycles. The van der Waals surface area contributed by atoms with Gasteiger partial charge in [0.05, 0.1) is 26.2 Å². The van der Waals surface area contributed by atoms with Crippen LogP contribution in [0.25, 0.3) is 0 Å². The molecular weight excluding hydrogens is 331 g/mol. The van der Waals surface area contributed by atoms with Gasteiger partial charge in [-0.3, -0.25) is 9.69 Å². The third-order valence-electron chi connectivity index (χ3n) is 4.26. The molecule has 0 atom stereocenters. The van der Waals surface area contributed by atoms with Gasteiger partial charge >= 0.3 is 0 Å². The highest BCUT2D eigenvalue weighted by atomic mass is 35.5. The standard InChI is InChI=1S/C18H19ClN2O.ClH/c1-14-7-8-16(19)13-17(14)20-9-11-21(12-10-20)18(22)15-5-3-2-4-6-15;/h2-8,13H,9-12H2,1H3;1H. The molecule has 1 saturated heterocycles. The number of piperazine rings is 1. The van der Waals surface area contributed by atoms with Crippen LogP contribution in [-0.4, -0.2) is 37.0 Å². The molecule has 3 nitrogen and oxygen atoms in total. The Labute approximate surface area is 148 Å². The van der Waals surface area contributed by atoms with Crippen molar-refractivity contribution in [3.05, 3.63) is 64.7 Å². The van der Waals surface area contributed by atoms with Crippen LogP contribution in [0.5, 0.6) is 0 Å². The Bertz CT molecular complexity index is 668. The zero-order valence-electron chi connectivity index (χ0n) is 13.1. The largest absolute Gasteiger partial charge is 1.00 e. The van der Waals surface area contributed by atoms with E-state index in [0.717, 1.165) is 36.8 Å². The van der Waals surface area contributed by atoms with Crippen molar-refractivity contribution in [2.24, 2.45) is 0 Å². The summed E-state index contributed by atoms with van der Waals surface area (Å²) in [6, 6.07) is 15.5. The molecule has 3 rings (SSSR count). The van der Waals surface area contributed by atoms with E-state index in [1.807, 2.05) is 47.4 Å². The Hall–Kier alpha value is -1.55. The van der Waals surface area contributed by atoms with Crippen molar-refractivity contribution in [2.75, 3.05) is 26.2 Å². The second-order valence-corrected chi connectivity index (χ2v) is 6.16. The van der Waals surface area contributed by atoms with E-state index < -0.39 is 0 Å². The molecule has 2 aromatic carbocycles. The molecule has 0 radical (unpaired) electrons. The van der Waals surface area contributed by atoms with Crippen molar-refractivity contribution >= 4 is 23.2 Å². The molecule has 1 aliphatic rings. The minimum absolute atomic E-state index is 0. The molecule has 2 aromatic rings. The number of nitrogens with one attached hydrogen (secondary N) is 1. The Morgan fingerprint density at radius 3 is 2.39 bits per heavy atom. The number of nitrogens with zero attached hydrogens (tertiary/aromatic N) is 1. The number of aryl methyl sites for hydroxylation is 1. The van der Waals surface area contributed by atoms with Gasteiger partial charge < -0.3 is 17.3 Å². The number of hydrogen-bond donors (Lipinski definition) is 1. The van der Waals surface area contributed by atoms with Gasteiger partial charge in [-0.15, -0.1) is 0 Å². The minimum atomic E-state index is 0. The Morgan fingerprint density at radius 2 is 1.74 bits per heavy atom. The highest BCUT2D eigenvalue weighted by molar-refractivity contribution is 6.30. The first-order chi connectivity index (χ1) is 10.6. The maximum atomic E-state index is 12.5. The van der Waals surface area contributed by atoms with E-state index >= 15 is 0 Å². The predicted molar refractivity (Wildman–Crippen MR) is 88.9 cm³/mol. The van der Waals surface area contributed by atoms with Gasteiger partial charge in [0, 0.05) is 22.2 Å². The molecule has 1 heterocycles. The van der Waals surface area contributed by atoms with Gasteiger partial charge in [-0.1, -0.05) is 35.9 Å². The first kappa shape index (κ1) is 17.8. The second kappa shape index (κ2) is 7.82. The van der Waals surface area contributed by atoms with Crippen molar-refractivity contribution in [1.82, 2.24) is 4.90 Å². The van der Waals surface area contributed by atoms with Crippen LogP contribution in [-0.2, 0) is 0 Å². The van der Waals surface area contributed by atoms with Crippen molar-refractivity contribution < 1.29 is 22.1 Å². The molecule has 1 aliphatic heterocycles. The van der Waals surface area contributed by atoms with E-state index in [4.69, 9.17) is 11.6 Å². The van der Waals surface area contributed by atoms with Gasteiger partial charge in [0.1, 0.15) is 5.69 Å². The molecule has 122 valence electrons. The first-order valence-electron chi connectivity index (χ1n) is 7.60.